The highest BCUT2D eigenvalue weighted by atomic mass is 16.5. The van der Waals surface area contributed by atoms with E-state index in [4.69, 9.17) is 9.84 Å². The summed E-state index contributed by atoms with van der Waals surface area (Å²) in [6.45, 7) is 0. The van der Waals surface area contributed by atoms with Crippen LogP contribution < -0.4 is 4.74 Å². The van der Waals surface area contributed by atoms with Crippen LogP contribution in [0.4, 0.5) is 0 Å². The smallest absolute Gasteiger partial charge is 0.146 e. The van der Waals surface area contributed by atoms with E-state index in [9.17, 15) is 5.11 Å². The number of aromatic hydroxyl groups is 1. The third kappa shape index (κ3) is 3.66. The Morgan fingerprint density at radius 3 is 2.20 bits per heavy atom. The normalized spacial score (nSPS) is 18.7. The van der Waals surface area contributed by atoms with Gasteiger partial charge in [-0.2, -0.15) is 0 Å². The molecule has 0 aliphatic heterocycles. The molecule has 5 nitrogen and oxygen atoms in total. The molecule has 0 atom stereocenters. The van der Waals surface area contributed by atoms with Gasteiger partial charge >= 0.3 is 0 Å². The summed E-state index contributed by atoms with van der Waals surface area (Å²) in [5.41, 5.74) is 4.75. The first-order chi connectivity index (χ1) is 14.7. The standard InChI is InChI=1S/C25H31N3O2/c1-30-20-12-13-22-23(16-20)27-28(26-22)24-15-19(17-8-4-2-5-9-17)14-21(25(24)29)18-10-6-3-7-11-18/h12-18,29H,2-11H2,1H3. The molecule has 0 radical (unpaired) electrons. The summed E-state index contributed by atoms with van der Waals surface area (Å²) < 4.78 is 5.33. The third-order valence-corrected chi connectivity index (χ3v) is 7.07. The lowest BCUT2D eigenvalue weighted by molar-refractivity contribution is 0.408. The maximum absolute atomic E-state index is 11.3. The van der Waals surface area contributed by atoms with Crippen LogP contribution in [0.1, 0.15) is 87.2 Å². The fourth-order valence-electron chi connectivity index (χ4n) is 5.34. The van der Waals surface area contributed by atoms with Gasteiger partial charge in [-0.1, -0.05) is 44.6 Å². The van der Waals surface area contributed by atoms with E-state index in [0.29, 0.717) is 23.3 Å². The van der Waals surface area contributed by atoms with E-state index in [2.05, 4.69) is 17.2 Å². The van der Waals surface area contributed by atoms with Crippen molar-refractivity contribution >= 4 is 11.0 Å². The Kier molecular flexibility index (Phi) is 5.36. The number of phenols is 1. The Morgan fingerprint density at radius 1 is 0.833 bits per heavy atom. The van der Waals surface area contributed by atoms with Gasteiger partial charge in [-0.05, 0) is 66.8 Å². The number of nitrogens with zero attached hydrogens (tertiary/aromatic N) is 3. The number of benzene rings is 2. The van der Waals surface area contributed by atoms with E-state index >= 15 is 0 Å². The van der Waals surface area contributed by atoms with E-state index in [1.165, 1.54) is 56.9 Å². The minimum atomic E-state index is 0.355. The SMILES string of the molecule is COc1ccc2nn(-c3cc(C4CCCCC4)cc(C4CCCCC4)c3O)nc2c1. The molecule has 158 valence electrons. The first kappa shape index (κ1) is 19.4. The fraction of sp³-hybridized carbons (Fsp3) is 0.520. The summed E-state index contributed by atoms with van der Waals surface area (Å²) in [4.78, 5) is 1.62. The summed E-state index contributed by atoms with van der Waals surface area (Å²) in [5, 5.41) is 20.7. The molecule has 3 aromatic rings. The molecule has 2 aliphatic rings. The summed E-state index contributed by atoms with van der Waals surface area (Å²) in [5.74, 6) is 2.13. The molecule has 2 saturated carbocycles. The summed E-state index contributed by atoms with van der Waals surface area (Å²) >= 11 is 0. The number of rotatable bonds is 4. The largest absolute Gasteiger partial charge is 0.505 e. The molecule has 1 N–H and O–H groups in total. The highest BCUT2D eigenvalue weighted by Crippen LogP contribution is 2.43. The molecular formula is C25H31N3O2. The van der Waals surface area contributed by atoms with Gasteiger partial charge in [0, 0.05) is 6.07 Å². The summed E-state index contributed by atoms with van der Waals surface area (Å²) in [7, 11) is 1.65. The van der Waals surface area contributed by atoms with Gasteiger partial charge in [-0.3, -0.25) is 0 Å². The molecule has 2 fully saturated rings. The van der Waals surface area contributed by atoms with E-state index in [0.717, 1.165) is 35.2 Å². The second-order valence-electron chi connectivity index (χ2n) is 8.99. The van der Waals surface area contributed by atoms with Gasteiger partial charge in [0.15, 0.2) is 0 Å². The van der Waals surface area contributed by atoms with Crippen LogP contribution in [-0.2, 0) is 0 Å². The second kappa shape index (κ2) is 8.29. The highest BCUT2D eigenvalue weighted by molar-refractivity contribution is 5.76. The average molecular weight is 406 g/mol. The molecule has 1 heterocycles. The molecule has 30 heavy (non-hydrogen) atoms. The lowest BCUT2D eigenvalue weighted by Crippen LogP contribution is -2.11. The van der Waals surface area contributed by atoms with E-state index in [-0.39, 0.29) is 0 Å². The predicted octanol–water partition coefficient (Wildman–Crippen LogP) is 6.23. The van der Waals surface area contributed by atoms with Crippen LogP contribution in [-0.4, -0.2) is 27.2 Å². The van der Waals surface area contributed by atoms with Gasteiger partial charge in [-0.25, -0.2) is 0 Å². The quantitative estimate of drug-likeness (QED) is 0.559. The van der Waals surface area contributed by atoms with E-state index in [1.54, 1.807) is 11.9 Å². The van der Waals surface area contributed by atoms with Crippen LogP contribution in [0.15, 0.2) is 30.3 Å². The Morgan fingerprint density at radius 2 is 1.50 bits per heavy atom. The molecule has 0 spiro atoms. The van der Waals surface area contributed by atoms with Crippen molar-refractivity contribution in [3.05, 3.63) is 41.5 Å². The monoisotopic (exact) mass is 405 g/mol. The molecule has 1 aromatic heterocycles. The van der Waals surface area contributed by atoms with Crippen LogP contribution in [0.5, 0.6) is 11.5 Å². The number of ether oxygens (including phenoxy) is 1. The van der Waals surface area contributed by atoms with Crippen LogP contribution >= 0.6 is 0 Å². The minimum Gasteiger partial charge on any atom is -0.505 e. The molecule has 2 aromatic carbocycles. The number of methoxy groups -OCH3 is 1. The first-order valence-corrected chi connectivity index (χ1v) is 11.5. The molecule has 5 rings (SSSR count). The predicted molar refractivity (Wildman–Crippen MR) is 119 cm³/mol. The number of hydrogen-bond acceptors (Lipinski definition) is 4. The van der Waals surface area contributed by atoms with E-state index in [1.807, 2.05) is 18.2 Å². The van der Waals surface area contributed by atoms with Crippen molar-refractivity contribution < 1.29 is 9.84 Å². The number of phenolic OH excluding ortho intramolecular Hbond substituents is 1. The van der Waals surface area contributed by atoms with Crippen LogP contribution in [0.2, 0.25) is 0 Å². The lowest BCUT2D eigenvalue weighted by Gasteiger charge is -2.27. The van der Waals surface area contributed by atoms with Gasteiger partial charge in [-0.15, -0.1) is 15.0 Å². The summed E-state index contributed by atoms with van der Waals surface area (Å²) in [6, 6.07) is 10.1. The molecule has 0 bridgehead atoms. The van der Waals surface area contributed by atoms with Gasteiger partial charge in [0.05, 0.1) is 7.11 Å². The van der Waals surface area contributed by atoms with Gasteiger partial charge in [0.1, 0.15) is 28.2 Å². The van der Waals surface area contributed by atoms with Crippen molar-refractivity contribution in [3.63, 3.8) is 0 Å². The van der Waals surface area contributed by atoms with Crippen LogP contribution in [0.3, 0.4) is 0 Å². The molecule has 5 heteroatoms. The third-order valence-electron chi connectivity index (χ3n) is 7.07. The maximum Gasteiger partial charge on any atom is 0.146 e. The Bertz CT molecular complexity index is 1030. The Balaban J connectivity index is 1.62. The molecule has 0 unspecified atom stereocenters. The van der Waals surface area contributed by atoms with Crippen molar-refractivity contribution in [2.24, 2.45) is 0 Å². The maximum atomic E-state index is 11.3. The number of hydrogen-bond donors (Lipinski definition) is 1. The lowest BCUT2D eigenvalue weighted by atomic mass is 9.79. The molecule has 0 amide bonds. The number of fused-ring (bicyclic) bond motifs is 1. The molecule has 2 aliphatic carbocycles. The number of aromatic nitrogens is 3. The van der Waals surface area contributed by atoms with Gasteiger partial charge in [0.25, 0.3) is 0 Å². The van der Waals surface area contributed by atoms with Crippen molar-refractivity contribution in [3.8, 4) is 17.2 Å². The first-order valence-electron chi connectivity index (χ1n) is 11.5. The highest BCUT2D eigenvalue weighted by Gasteiger charge is 2.25. The van der Waals surface area contributed by atoms with Gasteiger partial charge in [0.2, 0.25) is 0 Å². The minimum absolute atomic E-state index is 0.355. The Labute approximate surface area is 178 Å². The summed E-state index contributed by atoms with van der Waals surface area (Å²) in [6.07, 6.45) is 12.5. The molecule has 0 saturated heterocycles. The van der Waals surface area contributed by atoms with Crippen molar-refractivity contribution in [2.45, 2.75) is 76.0 Å². The van der Waals surface area contributed by atoms with Crippen molar-refractivity contribution in [2.75, 3.05) is 7.11 Å². The topological polar surface area (TPSA) is 60.2 Å². The van der Waals surface area contributed by atoms with Crippen LogP contribution in [0.25, 0.3) is 16.7 Å². The second-order valence-corrected chi connectivity index (χ2v) is 8.99. The van der Waals surface area contributed by atoms with E-state index < -0.39 is 0 Å². The average Bonchev–Trinajstić information content (AvgIpc) is 3.23. The molecular weight excluding hydrogens is 374 g/mol. The zero-order valence-corrected chi connectivity index (χ0v) is 17.8. The van der Waals surface area contributed by atoms with Crippen molar-refractivity contribution in [1.29, 1.82) is 0 Å². The fourth-order valence-corrected chi connectivity index (χ4v) is 5.34. The zero-order valence-electron chi connectivity index (χ0n) is 17.8. The van der Waals surface area contributed by atoms with Crippen molar-refractivity contribution in [1.82, 2.24) is 15.0 Å². The van der Waals surface area contributed by atoms with Gasteiger partial charge < -0.3 is 9.84 Å². The zero-order chi connectivity index (χ0) is 20.5. The van der Waals surface area contributed by atoms with Crippen LogP contribution in [0, 0.1) is 0 Å². The Hall–Kier alpha value is -2.56.